The Morgan fingerprint density at radius 1 is 1.29 bits per heavy atom. The molecule has 0 aliphatic carbocycles. The third-order valence-corrected chi connectivity index (χ3v) is 1.96. The maximum absolute atomic E-state index is 12.8. The number of carbonyl (C=O) groups is 1. The second kappa shape index (κ2) is 3.06. The minimum atomic E-state index is -0.502. The summed E-state index contributed by atoms with van der Waals surface area (Å²) in [6.07, 6.45) is 0.474. The highest BCUT2D eigenvalue weighted by molar-refractivity contribution is 5.85. The van der Waals surface area contributed by atoms with E-state index in [0.717, 1.165) is 0 Å². The molecule has 1 aromatic heterocycles. The van der Waals surface area contributed by atoms with Crippen LogP contribution in [0.3, 0.4) is 0 Å². The highest BCUT2D eigenvalue weighted by atomic mass is 19.1. The van der Waals surface area contributed by atoms with Crippen LogP contribution in [-0.2, 0) is 0 Å². The van der Waals surface area contributed by atoms with Crippen LogP contribution in [-0.4, -0.2) is 11.3 Å². The van der Waals surface area contributed by atoms with E-state index in [1.807, 2.05) is 0 Å². The predicted octanol–water partition coefficient (Wildman–Crippen LogP) is 1.48. The first-order valence-electron chi connectivity index (χ1n) is 3.98. The number of rotatable bonds is 1. The number of halogens is 1. The summed E-state index contributed by atoms with van der Waals surface area (Å²) < 4.78 is 12.8. The first kappa shape index (κ1) is 8.62. The van der Waals surface area contributed by atoms with Crippen molar-refractivity contribution in [1.82, 2.24) is 4.98 Å². The SMILES string of the molecule is O=Cc1cc2ccc(F)cc2[nH]c1=O. The van der Waals surface area contributed by atoms with E-state index in [4.69, 9.17) is 0 Å². The summed E-state index contributed by atoms with van der Waals surface area (Å²) in [4.78, 5) is 24.0. The van der Waals surface area contributed by atoms with Crippen molar-refractivity contribution >= 4 is 17.2 Å². The molecule has 0 fully saturated rings. The van der Waals surface area contributed by atoms with Gasteiger partial charge in [-0.3, -0.25) is 9.59 Å². The van der Waals surface area contributed by atoms with Crippen LogP contribution in [0.1, 0.15) is 10.4 Å². The minimum Gasteiger partial charge on any atom is -0.321 e. The summed E-state index contributed by atoms with van der Waals surface area (Å²) in [6.45, 7) is 0. The Bertz CT molecular complexity index is 560. The fraction of sp³-hybridized carbons (Fsp3) is 0. The molecule has 0 amide bonds. The van der Waals surface area contributed by atoms with Crippen molar-refractivity contribution in [3.63, 3.8) is 0 Å². The molecule has 1 N–H and O–H groups in total. The topological polar surface area (TPSA) is 49.9 Å². The van der Waals surface area contributed by atoms with Gasteiger partial charge in [-0.15, -0.1) is 0 Å². The molecule has 4 heteroatoms. The molecule has 0 aliphatic heterocycles. The summed E-state index contributed by atoms with van der Waals surface area (Å²) >= 11 is 0. The fourth-order valence-electron chi connectivity index (χ4n) is 1.28. The number of fused-ring (bicyclic) bond motifs is 1. The van der Waals surface area contributed by atoms with Crippen LogP contribution in [0, 0.1) is 5.82 Å². The van der Waals surface area contributed by atoms with Crippen LogP contribution in [0.4, 0.5) is 4.39 Å². The number of hydrogen-bond donors (Lipinski definition) is 1. The van der Waals surface area contributed by atoms with E-state index in [1.54, 1.807) is 0 Å². The minimum absolute atomic E-state index is 0.0455. The highest BCUT2D eigenvalue weighted by Gasteiger charge is 2.01. The van der Waals surface area contributed by atoms with Crippen LogP contribution in [0.2, 0.25) is 0 Å². The molecule has 2 aromatic rings. The van der Waals surface area contributed by atoms with Gasteiger partial charge in [0, 0.05) is 0 Å². The molecular weight excluding hydrogens is 185 g/mol. The molecule has 0 aliphatic rings. The van der Waals surface area contributed by atoms with E-state index in [9.17, 15) is 14.0 Å². The molecule has 0 unspecified atom stereocenters. The Morgan fingerprint density at radius 3 is 2.79 bits per heavy atom. The summed E-state index contributed by atoms with van der Waals surface area (Å²) in [6, 6.07) is 5.43. The molecule has 14 heavy (non-hydrogen) atoms. The average Bonchev–Trinajstić information content (AvgIpc) is 2.16. The Balaban J connectivity index is 2.86. The zero-order chi connectivity index (χ0) is 10.1. The predicted molar refractivity (Wildman–Crippen MR) is 49.9 cm³/mol. The number of aromatic nitrogens is 1. The van der Waals surface area contributed by atoms with Crippen LogP contribution in [0.25, 0.3) is 10.9 Å². The lowest BCUT2D eigenvalue weighted by Gasteiger charge is -1.98. The first-order chi connectivity index (χ1) is 6.70. The molecule has 0 bridgehead atoms. The van der Waals surface area contributed by atoms with Gasteiger partial charge in [0.05, 0.1) is 11.1 Å². The molecule has 1 aromatic carbocycles. The third-order valence-electron chi connectivity index (χ3n) is 1.96. The van der Waals surface area contributed by atoms with Gasteiger partial charge in [0.15, 0.2) is 6.29 Å². The summed E-state index contributed by atoms with van der Waals surface area (Å²) in [5.74, 6) is -0.424. The second-order valence-electron chi connectivity index (χ2n) is 2.90. The van der Waals surface area contributed by atoms with E-state index in [1.165, 1.54) is 24.3 Å². The second-order valence-corrected chi connectivity index (χ2v) is 2.90. The molecule has 1 heterocycles. The summed E-state index contributed by atoms with van der Waals surface area (Å²) in [7, 11) is 0. The molecule has 70 valence electrons. The van der Waals surface area contributed by atoms with Gasteiger partial charge in [0.25, 0.3) is 5.56 Å². The number of hydrogen-bond acceptors (Lipinski definition) is 2. The average molecular weight is 191 g/mol. The van der Waals surface area contributed by atoms with Crippen LogP contribution < -0.4 is 5.56 Å². The molecule has 2 rings (SSSR count). The van der Waals surface area contributed by atoms with Crippen molar-refractivity contribution in [2.45, 2.75) is 0 Å². The lowest BCUT2D eigenvalue weighted by atomic mass is 10.2. The van der Waals surface area contributed by atoms with Gasteiger partial charge in [-0.05, 0) is 29.7 Å². The van der Waals surface area contributed by atoms with Gasteiger partial charge in [-0.1, -0.05) is 0 Å². The number of aromatic amines is 1. The third kappa shape index (κ3) is 1.31. The standard InChI is InChI=1S/C10H6FNO2/c11-8-2-1-6-3-7(5-13)10(14)12-9(6)4-8/h1-5H,(H,12,14). The van der Waals surface area contributed by atoms with E-state index in [0.29, 0.717) is 17.2 Å². The van der Waals surface area contributed by atoms with E-state index < -0.39 is 11.4 Å². The van der Waals surface area contributed by atoms with Gasteiger partial charge < -0.3 is 4.98 Å². The Kier molecular flexibility index (Phi) is 1.89. The molecule has 0 radical (unpaired) electrons. The monoisotopic (exact) mass is 191 g/mol. The Morgan fingerprint density at radius 2 is 2.07 bits per heavy atom. The largest absolute Gasteiger partial charge is 0.321 e. The quantitative estimate of drug-likeness (QED) is 0.694. The van der Waals surface area contributed by atoms with E-state index in [-0.39, 0.29) is 5.56 Å². The zero-order valence-corrected chi connectivity index (χ0v) is 7.08. The van der Waals surface area contributed by atoms with Gasteiger partial charge >= 0.3 is 0 Å². The lowest BCUT2D eigenvalue weighted by molar-refractivity contribution is 0.112. The lowest BCUT2D eigenvalue weighted by Crippen LogP contribution is -2.11. The normalized spacial score (nSPS) is 10.4. The molecule has 0 spiro atoms. The summed E-state index contributed by atoms with van der Waals surface area (Å²) in [5, 5.41) is 0.633. The number of nitrogens with one attached hydrogen (secondary N) is 1. The number of carbonyl (C=O) groups excluding carboxylic acids is 1. The van der Waals surface area contributed by atoms with Crippen molar-refractivity contribution in [3.8, 4) is 0 Å². The van der Waals surface area contributed by atoms with Crippen molar-refractivity contribution in [3.05, 3.63) is 46.0 Å². The molecule has 3 nitrogen and oxygen atoms in total. The molecule has 0 saturated carbocycles. The smallest absolute Gasteiger partial charge is 0.259 e. The van der Waals surface area contributed by atoms with Crippen LogP contribution in [0.15, 0.2) is 29.1 Å². The highest BCUT2D eigenvalue weighted by Crippen LogP contribution is 2.11. The maximum Gasteiger partial charge on any atom is 0.259 e. The van der Waals surface area contributed by atoms with Crippen molar-refractivity contribution in [2.24, 2.45) is 0 Å². The van der Waals surface area contributed by atoms with E-state index >= 15 is 0 Å². The van der Waals surface area contributed by atoms with Crippen molar-refractivity contribution in [2.75, 3.05) is 0 Å². The van der Waals surface area contributed by atoms with E-state index in [2.05, 4.69) is 4.98 Å². The summed E-state index contributed by atoms with van der Waals surface area (Å²) in [5.41, 5.74) is -0.0668. The van der Waals surface area contributed by atoms with Crippen molar-refractivity contribution < 1.29 is 9.18 Å². The van der Waals surface area contributed by atoms with Gasteiger partial charge in [-0.2, -0.15) is 0 Å². The molecule has 0 saturated heterocycles. The zero-order valence-electron chi connectivity index (χ0n) is 7.08. The number of aldehydes is 1. The maximum atomic E-state index is 12.8. The first-order valence-corrected chi connectivity index (χ1v) is 3.98. The number of benzene rings is 1. The molecule has 0 atom stereocenters. The van der Waals surface area contributed by atoms with Gasteiger partial charge in [0.2, 0.25) is 0 Å². The fourth-order valence-corrected chi connectivity index (χ4v) is 1.28. The number of pyridine rings is 1. The van der Waals surface area contributed by atoms with Gasteiger partial charge in [-0.25, -0.2) is 4.39 Å². The van der Waals surface area contributed by atoms with Gasteiger partial charge in [0.1, 0.15) is 5.82 Å². The Labute approximate surface area is 78.2 Å². The van der Waals surface area contributed by atoms with Crippen LogP contribution in [0.5, 0.6) is 0 Å². The Hall–Kier alpha value is -1.97. The van der Waals surface area contributed by atoms with Crippen LogP contribution >= 0.6 is 0 Å². The number of H-pyrrole nitrogens is 1. The van der Waals surface area contributed by atoms with Crippen molar-refractivity contribution in [1.29, 1.82) is 0 Å². The molecular formula is C10H6FNO2.